The number of rotatable bonds is 8. The van der Waals surface area contributed by atoms with Crippen LogP contribution < -0.4 is 5.32 Å². The fraction of sp³-hybridized carbons (Fsp3) is 0.714. The van der Waals surface area contributed by atoms with Crippen LogP contribution in [0.4, 0.5) is 0 Å². The van der Waals surface area contributed by atoms with Gasteiger partial charge in [0.25, 0.3) is 0 Å². The SMILES string of the molecule is CCCNC(Cc1cc(Br)cs1)C(C)(C)OCC. The first-order valence-electron chi connectivity index (χ1n) is 6.59. The summed E-state index contributed by atoms with van der Waals surface area (Å²) in [4.78, 5) is 1.39. The summed E-state index contributed by atoms with van der Waals surface area (Å²) < 4.78 is 7.07. The first-order valence-corrected chi connectivity index (χ1v) is 8.27. The van der Waals surface area contributed by atoms with Gasteiger partial charge in [0, 0.05) is 27.4 Å². The van der Waals surface area contributed by atoms with Crippen LogP contribution in [0.1, 0.15) is 39.0 Å². The van der Waals surface area contributed by atoms with Gasteiger partial charge >= 0.3 is 0 Å². The highest BCUT2D eigenvalue weighted by molar-refractivity contribution is 9.10. The average molecular weight is 334 g/mol. The maximum absolute atomic E-state index is 5.90. The average Bonchev–Trinajstić information content (AvgIpc) is 2.70. The summed E-state index contributed by atoms with van der Waals surface area (Å²) in [6, 6.07) is 2.55. The summed E-state index contributed by atoms with van der Waals surface area (Å²) in [5, 5.41) is 5.76. The Bertz CT molecular complexity index is 351. The molecule has 0 fully saturated rings. The number of ether oxygens (including phenoxy) is 1. The summed E-state index contributed by atoms with van der Waals surface area (Å²) in [5.41, 5.74) is -0.139. The molecule has 0 saturated carbocycles. The van der Waals surface area contributed by atoms with Crippen molar-refractivity contribution in [2.24, 2.45) is 0 Å². The van der Waals surface area contributed by atoms with Gasteiger partial charge in [-0.05, 0) is 62.2 Å². The second-order valence-electron chi connectivity index (χ2n) is 4.98. The van der Waals surface area contributed by atoms with Crippen molar-refractivity contribution >= 4 is 27.3 Å². The zero-order chi connectivity index (χ0) is 13.6. The number of hydrogen-bond acceptors (Lipinski definition) is 3. The summed E-state index contributed by atoms with van der Waals surface area (Å²) in [5.74, 6) is 0. The molecule has 0 radical (unpaired) electrons. The van der Waals surface area contributed by atoms with Gasteiger partial charge in [-0.3, -0.25) is 0 Å². The molecule has 0 aromatic carbocycles. The first kappa shape index (κ1) is 16.2. The molecule has 0 amide bonds. The lowest BCUT2D eigenvalue weighted by atomic mass is 9.94. The van der Waals surface area contributed by atoms with Gasteiger partial charge in [0.2, 0.25) is 0 Å². The van der Waals surface area contributed by atoms with Crippen LogP contribution in [0.25, 0.3) is 0 Å². The van der Waals surface area contributed by atoms with Crippen LogP contribution in [-0.4, -0.2) is 24.8 Å². The summed E-state index contributed by atoms with van der Waals surface area (Å²) in [6.07, 6.45) is 2.16. The number of thiophene rings is 1. The predicted octanol–water partition coefficient (Wildman–Crippen LogP) is 4.24. The van der Waals surface area contributed by atoms with Gasteiger partial charge in [-0.2, -0.15) is 0 Å². The van der Waals surface area contributed by atoms with E-state index in [4.69, 9.17) is 4.74 Å². The summed E-state index contributed by atoms with van der Waals surface area (Å²) in [6.45, 7) is 10.4. The standard InChI is InChI=1S/C14H24BrNOS/c1-5-7-16-13(14(3,4)17-6-2)9-12-8-11(15)10-18-12/h8,10,13,16H,5-7,9H2,1-4H3. The largest absolute Gasteiger partial charge is 0.374 e. The Kier molecular flexibility index (Phi) is 6.85. The molecular formula is C14H24BrNOS. The van der Waals surface area contributed by atoms with Gasteiger partial charge in [0.15, 0.2) is 0 Å². The van der Waals surface area contributed by atoms with Gasteiger partial charge in [-0.15, -0.1) is 11.3 Å². The molecule has 0 aliphatic carbocycles. The van der Waals surface area contributed by atoms with Crippen LogP contribution in [0.2, 0.25) is 0 Å². The van der Waals surface area contributed by atoms with Crippen LogP contribution in [-0.2, 0) is 11.2 Å². The van der Waals surface area contributed by atoms with E-state index in [2.05, 4.69) is 60.4 Å². The molecule has 1 aromatic heterocycles. The van der Waals surface area contributed by atoms with Crippen molar-refractivity contribution < 1.29 is 4.74 Å². The van der Waals surface area contributed by atoms with Crippen molar-refractivity contribution in [2.75, 3.05) is 13.2 Å². The lowest BCUT2D eigenvalue weighted by Crippen LogP contribution is -2.50. The molecule has 1 atom stereocenters. The topological polar surface area (TPSA) is 21.3 Å². The Morgan fingerprint density at radius 1 is 1.44 bits per heavy atom. The Balaban J connectivity index is 2.71. The summed E-state index contributed by atoms with van der Waals surface area (Å²) in [7, 11) is 0. The number of nitrogens with one attached hydrogen (secondary N) is 1. The Morgan fingerprint density at radius 3 is 2.67 bits per heavy atom. The van der Waals surface area contributed by atoms with Crippen molar-refractivity contribution in [3.63, 3.8) is 0 Å². The minimum absolute atomic E-state index is 0.139. The number of halogens is 1. The fourth-order valence-electron chi connectivity index (χ4n) is 2.02. The van der Waals surface area contributed by atoms with Crippen LogP contribution in [0.5, 0.6) is 0 Å². The van der Waals surface area contributed by atoms with Gasteiger partial charge in [0.05, 0.1) is 5.60 Å². The molecule has 2 nitrogen and oxygen atoms in total. The normalized spacial score (nSPS) is 13.8. The zero-order valence-electron chi connectivity index (χ0n) is 11.8. The highest BCUT2D eigenvalue weighted by Crippen LogP contribution is 2.25. The van der Waals surface area contributed by atoms with E-state index in [0.29, 0.717) is 6.04 Å². The predicted molar refractivity (Wildman–Crippen MR) is 83.5 cm³/mol. The second kappa shape index (κ2) is 7.63. The maximum Gasteiger partial charge on any atom is 0.0782 e. The monoisotopic (exact) mass is 333 g/mol. The Hall–Kier alpha value is 0.1000. The lowest BCUT2D eigenvalue weighted by Gasteiger charge is -2.35. The molecule has 1 N–H and O–H groups in total. The Morgan fingerprint density at radius 2 is 2.17 bits per heavy atom. The van der Waals surface area contributed by atoms with E-state index >= 15 is 0 Å². The third-order valence-electron chi connectivity index (χ3n) is 3.02. The van der Waals surface area contributed by atoms with E-state index in [0.717, 1.165) is 26.0 Å². The molecule has 104 valence electrons. The van der Waals surface area contributed by atoms with E-state index in [9.17, 15) is 0 Å². The quantitative estimate of drug-likeness (QED) is 0.768. The van der Waals surface area contributed by atoms with E-state index in [-0.39, 0.29) is 5.60 Å². The molecular weight excluding hydrogens is 310 g/mol. The van der Waals surface area contributed by atoms with Crippen molar-refractivity contribution in [1.82, 2.24) is 5.32 Å². The molecule has 0 spiro atoms. The molecule has 0 aliphatic heterocycles. The highest BCUT2D eigenvalue weighted by atomic mass is 79.9. The van der Waals surface area contributed by atoms with E-state index in [1.54, 1.807) is 11.3 Å². The minimum atomic E-state index is -0.139. The van der Waals surface area contributed by atoms with Crippen molar-refractivity contribution in [2.45, 2.75) is 52.2 Å². The molecule has 1 heterocycles. The van der Waals surface area contributed by atoms with Gasteiger partial charge < -0.3 is 10.1 Å². The number of hydrogen-bond donors (Lipinski definition) is 1. The van der Waals surface area contributed by atoms with E-state index in [1.165, 1.54) is 9.35 Å². The first-order chi connectivity index (χ1) is 8.49. The molecule has 0 saturated heterocycles. The zero-order valence-corrected chi connectivity index (χ0v) is 14.2. The van der Waals surface area contributed by atoms with Crippen molar-refractivity contribution in [3.8, 4) is 0 Å². The van der Waals surface area contributed by atoms with Crippen LogP contribution in [0.3, 0.4) is 0 Å². The molecule has 0 bridgehead atoms. The van der Waals surface area contributed by atoms with Gasteiger partial charge in [0.1, 0.15) is 0 Å². The van der Waals surface area contributed by atoms with Gasteiger partial charge in [-0.25, -0.2) is 0 Å². The highest BCUT2D eigenvalue weighted by Gasteiger charge is 2.29. The maximum atomic E-state index is 5.90. The van der Waals surface area contributed by atoms with Crippen molar-refractivity contribution in [3.05, 3.63) is 20.8 Å². The smallest absolute Gasteiger partial charge is 0.0782 e. The molecule has 0 aliphatic rings. The van der Waals surface area contributed by atoms with E-state index < -0.39 is 0 Å². The lowest BCUT2D eigenvalue weighted by molar-refractivity contribution is -0.0378. The van der Waals surface area contributed by atoms with Crippen LogP contribution in [0.15, 0.2) is 15.9 Å². The second-order valence-corrected chi connectivity index (χ2v) is 6.89. The molecule has 1 unspecified atom stereocenters. The van der Waals surface area contributed by atoms with Crippen LogP contribution in [0, 0.1) is 0 Å². The third-order valence-corrected chi connectivity index (χ3v) is 4.74. The van der Waals surface area contributed by atoms with Gasteiger partial charge in [-0.1, -0.05) is 6.92 Å². The minimum Gasteiger partial charge on any atom is -0.374 e. The fourth-order valence-corrected chi connectivity index (χ4v) is 3.52. The molecule has 1 aromatic rings. The molecule has 1 rings (SSSR count). The molecule has 4 heteroatoms. The van der Waals surface area contributed by atoms with E-state index in [1.807, 2.05) is 0 Å². The summed E-state index contributed by atoms with van der Waals surface area (Å²) >= 11 is 5.32. The molecule has 18 heavy (non-hydrogen) atoms. The van der Waals surface area contributed by atoms with Crippen LogP contribution >= 0.6 is 27.3 Å². The third kappa shape index (κ3) is 5.00. The Labute approximate surface area is 123 Å². The van der Waals surface area contributed by atoms with Crippen molar-refractivity contribution in [1.29, 1.82) is 0 Å².